The highest BCUT2D eigenvalue weighted by Gasteiger charge is 2.29. The molecular formula is C17H13F4N3O2S. The van der Waals surface area contributed by atoms with E-state index in [1.54, 1.807) is 13.2 Å². The Labute approximate surface area is 152 Å². The van der Waals surface area contributed by atoms with E-state index in [1.165, 1.54) is 22.9 Å². The maximum absolute atomic E-state index is 14.0. The van der Waals surface area contributed by atoms with Crippen LogP contribution >= 0.6 is 0 Å². The Morgan fingerprint density at radius 3 is 2.26 bits per heavy atom. The molecule has 0 fully saturated rings. The van der Waals surface area contributed by atoms with Gasteiger partial charge in [0.1, 0.15) is 22.6 Å². The van der Waals surface area contributed by atoms with Crippen LogP contribution in [-0.2, 0) is 17.1 Å². The fraction of sp³-hybridized carbons (Fsp3) is 0.118. The molecule has 1 N–H and O–H groups in total. The van der Waals surface area contributed by atoms with E-state index < -0.39 is 44.2 Å². The topological polar surface area (TPSA) is 64.0 Å². The molecule has 3 rings (SSSR count). The van der Waals surface area contributed by atoms with Crippen molar-refractivity contribution in [2.45, 2.75) is 10.9 Å². The monoisotopic (exact) mass is 399 g/mol. The van der Waals surface area contributed by atoms with Gasteiger partial charge in [0.2, 0.25) is 10.0 Å². The quantitative estimate of drug-likeness (QED) is 0.530. The highest BCUT2D eigenvalue weighted by molar-refractivity contribution is 7.89. The SMILES string of the molecule is Cn1ccnc1[C@@H](NS(=O)(=O)c1ccc(F)c(F)c1F)c1ccc(F)cc1. The molecule has 0 radical (unpaired) electrons. The molecule has 0 amide bonds. The molecule has 1 atom stereocenters. The van der Waals surface area contributed by atoms with Gasteiger partial charge in [0, 0.05) is 19.4 Å². The molecule has 0 unspecified atom stereocenters. The van der Waals surface area contributed by atoms with Crippen molar-refractivity contribution in [1.82, 2.24) is 14.3 Å². The van der Waals surface area contributed by atoms with Gasteiger partial charge in [-0.1, -0.05) is 12.1 Å². The number of hydrogen-bond acceptors (Lipinski definition) is 3. The summed E-state index contributed by atoms with van der Waals surface area (Å²) in [4.78, 5) is 3.01. The Morgan fingerprint density at radius 1 is 1.00 bits per heavy atom. The van der Waals surface area contributed by atoms with E-state index in [2.05, 4.69) is 9.71 Å². The fourth-order valence-corrected chi connectivity index (χ4v) is 3.77. The molecule has 27 heavy (non-hydrogen) atoms. The smallest absolute Gasteiger partial charge is 0.244 e. The molecule has 142 valence electrons. The van der Waals surface area contributed by atoms with Crippen LogP contribution in [0.2, 0.25) is 0 Å². The molecule has 0 aliphatic rings. The summed E-state index contributed by atoms with van der Waals surface area (Å²) < 4.78 is 82.7. The van der Waals surface area contributed by atoms with Gasteiger partial charge in [0.15, 0.2) is 17.5 Å². The van der Waals surface area contributed by atoms with Crippen LogP contribution < -0.4 is 4.72 Å². The summed E-state index contributed by atoms with van der Waals surface area (Å²) in [7, 11) is -3.01. The Hall–Kier alpha value is -2.72. The number of rotatable bonds is 5. The van der Waals surface area contributed by atoms with Crippen LogP contribution in [0.4, 0.5) is 17.6 Å². The molecule has 1 heterocycles. The van der Waals surface area contributed by atoms with Crippen LogP contribution in [0.3, 0.4) is 0 Å². The number of sulfonamides is 1. The highest BCUT2D eigenvalue weighted by Crippen LogP contribution is 2.26. The standard InChI is InChI=1S/C17H13F4N3O2S/c1-24-9-8-22-17(24)16(10-2-4-11(18)5-3-10)23-27(25,26)13-7-6-12(19)14(20)15(13)21/h2-9,16,23H,1H3/t16-/m0/s1. The molecule has 3 aromatic rings. The molecule has 10 heteroatoms. The number of aryl methyl sites for hydroxylation is 1. The molecule has 2 aromatic carbocycles. The molecule has 0 aliphatic heterocycles. The second-order valence-corrected chi connectivity index (χ2v) is 7.36. The zero-order chi connectivity index (χ0) is 19.8. The lowest BCUT2D eigenvalue weighted by Gasteiger charge is -2.19. The minimum Gasteiger partial charge on any atom is -0.336 e. The van der Waals surface area contributed by atoms with Crippen LogP contribution in [0.25, 0.3) is 0 Å². The Kier molecular flexibility index (Phi) is 5.03. The lowest BCUT2D eigenvalue weighted by atomic mass is 10.1. The van der Waals surface area contributed by atoms with E-state index in [0.29, 0.717) is 17.7 Å². The normalized spacial score (nSPS) is 12.9. The van der Waals surface area contributed by atoms with Crippen LogP contribution in [0.15, 0.2) is 53.7 Å². The first-order chi connectivity index (χ1) is 12.7. The molecule has 0 bridgehead atoms. The summed E-state index contributed by atoms with van der Waals surface area (Å²) in [6, 6.07) is 4.92. The molecule has 0 spiro atoms. The summed E-state index contributed by atoms with van der Waals surface area (Å²) in [5, 5.41) is 0. The molecule has 0 saturated heterocycles. The van der Waals surface area contributed by atoms with E-state index >= 15 is 0 Å². The van der Waals surface area contributed by atoms with Gasteiger partial charge in [-0.15, -0.1) is 0 Å². The lowest BCUT2D eigenvalue weighted by molar-refractivity contribution is 0.431. The molecular weight excluding hydrogens is 386 g/mol. The van der Waals surface area contributed by atoms with Crippen molar-refractivity contribution in [3.63, 3.8) is 0 Å². The number of benzene rings is 2. The molecule has 0 saturated carbocycles. The van der Waals surface area contributed by atoms with Gasteiger partial charge in [0.25, 0.3) is 0 Å². The number of aromatic nitrogens is 2. The number of nitrogens with one attached hydrogen (secondary N) is 1. The maximum Gasteiger partial charge on any atom is 0.244 e. The van der Waals surface area contributed by atoms with Gasteiger partial charge in [-0.2, -0.15) is 4.72 Å². The maximum atomic E-state index is 14.0. The fourth-order valence-electron chi connectivity index (χ4n) is 2.51. The van der Waals surface area contributed by atoms with Crippen molar-refractivity contribution in [2.24, 2.45) is 7.05 Å². The van der Waals surface area contributed by atoms with Gasteiger partial charge in [-0.25, -0.2) is 31.0 Å². The molecule has 1 aromatic heterocycles. The molecule has 5 nitrogen and oxygen atoms in total. The second kappa shape index (κ2) is 7.12. The lowest BCUT2D eigenvalue weighted by Crippen LogP contribution is -2.32. The van der Waals surface area contributed by atoms with Gasteiger partial charge in [-0.3, -0.25) is 0 Å². The number of hydrogen-bond donors (Lipinski definition) is 1. The zero-order valence-corrected chi connectivity index (χ0v) is 14.6. The highest BCUT2D eigenvalue weighted by atomic mass is 32.2. The van der Waals surface area contributed by atoms with Crippen molar-refractivity contribution in [1.29, 1.82) is 0 Å². The first-order valence-electron chi connectivity index (χ1n) is 7.59. The predicted molar refractivity (Wildman–Crippen MR) is 88.1 cm³/mol. The minimum absolute atomic E-state index is 0.230. The zero-order valence-electron chi connectivity index (χ0n) is 13.8. The Morgan fingerprint density at radius 2 is 1.67 bits per heavy atom. The third-order valence-corrected chi connectivity index (χ3v) is 5.32. The van der Waals surface area contributed by atoms with Gasteiger partial charge in [-0.05, 0) is 29.8 Å². The average Bonchev–Trinajstić information content (AvgIpc) is 3.04. The summed E-state index contributed by atoms with van der Waals surface area (Å²) in [6.45, 7) is 0. The van der Waals surface area contributed by atoms with Crippen LogP contribution in [0, 0.1) is 23.3 Å². The molecule has 0 aliphatic carbocycles. The largest absolute Gasteiger partial charge is 0.336 e. The summed E-state index contributed by atoms with van der Waals surface area (Å²) >= 11 is 0. The Bertz CT molecular complexity index is 1080. The van der Waals surface area contributed by atoms with E-state index in [9.17, 15) is 26.0 Å². The number of halogens is 4. The summed E-state index contributed by atoms with van der Waals surface area (Å²) in [6.07, 6.45) is 2.97. The number of imidazole rings is 1. The van der Waals surface area contributed by atoms with E-state index in [0.717, 1.165) is 12.1 Å². The number of nitrogens with zero attached hydrogens (tertiary/aromatic N) is 2. The first kappa shape index (κ1) is 19.1. The van der Waals surface area contributed by atoms with Crippen molar-refractivity contribution in [2.75, 3.05) is 0 Å². The summed E-state index contributed by atoms with van der Waals surface area (Å²) in [5.41, 5.74) is 0.317. The van der Waals surface area contributed by atoms with Gasteiger partial charge in [0.05, 0.1) is 0 Å². The second-order valence-electron chi connectivity index (χ2n) is 5.68. The third-order valence-electron chi connectivity index (χ3n) is 3.88. The van der Waals surface area contributed by atoms with Crippen LogP contribution in [0.5, 0.6) is 0 Å². The van der Waals surface area contributed by atoms with Crippen molar-refractivity contribution >= 4 is 10.0 Å². The van der Waals surface area contributed by atoms with Crippen molar-refractivity contribution in [3.8, 4) is 0 Å². The van der Waals surface area contributed by atoms with Gasteiger partial charge >= 0.3 is 0 Å². The third kappa shape index (κ3) is 3.71. The Balaban J connectivity index is 2.08. The van der Waals surface area contributed by atoms with E-state index in [-0.39, 0.29) is 5.82 Å². The van der Waals surface area contributed by atoms with Crippen molar-refractivity contribution in [3.05, 3.63) is 83.4 Å². The predicted octanol–water partition coefficient (Wildman–Crippen LogP) is 3.04. The van der Waals surface area contributed by atoms with E-state index in [1.807, 2.05) is 0 Å². The van der Waals surface area contributed by atoms with Crippen molar-refractivity contribution < 1.29 is 26.0 Å². The summed E-state index contributed by atoms with van der Waals surface area (Å²) in [5.74, 6) is -5.54. The minimum atomic E-state index is -4.61. The van der Waals surface area contributed by atoms with Gasteiger partial charge < -0.3 is 4.57 Å². The first-order valence-corrected chi connectivity index (χ1v) is 9.07. The van der Waals surface area contributed by atoms with Crippen LogP contribution in [-0.4, -0.2) is 18.0 Å². The average molecular weight is 399 g/mol. The van der Waals surface area contributed by atoms with E-state index in [4.69, 9.17) is 0 Å². The van der Waals surface area contributed by atoms with Crippen LogP contribution in [0.1, 0.15) is 17.4 Å².